The molecule has 0 radical (unpaired) electrons. The number of carbonyl (C=O) groups excluding carboxylic acids is 1. The Morgan fingerprint density at radius 2 is 1.53 bits per heavy atom. The molecule has 94 valence electrons. The lowest BCUT2D eigenvalue weighted by Gasteiger charge is -2.31. The van der Waals surface area contributed by atoms with Gasteiger partial charge in [-0.2, -0.15) is 0 Å². The molecule has 0 amide bonds. The monoisotopic (exact) mass is 234 g/mol. The summed E-state index contributed by atoms with van der Waals surface area (Å²) < 4.78 is 4.70. The molecule has 2 nitrogen and oxygen atoms in total. The standard InChI is InChI=1S/C15H22O2/c1-5-15(6-2,7-3)13-10-8-12(9-11-13)14(16)17-4/h8-11H,5-7H2,1-4H3. The summed E-state index contributed by atoms with van der Waals surface area (Å²) in [5, 5.41) is 0. The molecule has 1 rings (SSSR count). The molecule has 0 aromatic heterocycles. The molecule has 0 N–H and O–H groups in total. The van der Waals surface area contributed by atoms with Crippen LogP contribution in [0.5, 0.6) is 0 Å². The van der Waals surface area contributed by atoms with Crippen LogP contribution in [0.25, 0.3) is 0 Å². The Morgan fingerprint density at radius 1 is 1.06 bits per heavy atom. The van der Waals surface area contributed by atoms with E-state index in [1.54, 1.807) is 0 Å². The summed E-state index contributed by atoms with van der Waals surface area (Å²) in [5.41, 5.74) is 2.18. The van der Waals surface area contributed by atoms with Gasteiger partial charge in [0.05, 0.1) is 12.7 Å². The fourth-order valence-corrected chi connectivity index (χ4v) is 2.44. The second-order valence-electron chi connectivity index (χ2n) is 4.41. The minimum absolute atomic E-state index is 0.245. The van der Waals surface area contributed by atoms with Crippen molar-refractivity contribution >= 4 is 5.97 Å². The lowest BCUT2D eigenvalue weighted by Crippen LogP contribution is -2.23. The minimum atomic E-state index is -0.272. The molecule has 0 heterocycles. The van der Waals surface area contributed by atoms with Gasteiger partial charge in [-0.05, 0) is 42.4 Å². The van der Waals surface area contributed by atoms with Crippen LogP contribution in [-0.2, 0) is 10.2 Å². The highest BCUT2D eigenvalue weighted by molar-refractivity contribution is 5.89. The van der Waals surface area contributed by atoms with Crippen molar-refractivity contribution in [3.8, 4) is 0 Å². The molecule has 0 bridgehead atoms. The quantitative estimate of drug-likeness (QED) is 0.721. The average molecular weight is 234 g/mol. The van der Waals surface area contributed by atoms with Crippen LogP contribution in [-0.4, -0.2) is 13.1 Å². The molecular formula is C15H22O2. The molecule has 0 aliphatic rings. The van der Waals surface area contributed by atoms with Crippen LogP contribution in [0, 0.1) is 0 Å². The highest BCUT2D eigenvalue weighted by atomic mass is 16.5. The van der Waals surface area contributed by atoms with Gasteiger partial charge in [0.25, 0.3) is 0 Å². The van der Waals surface area contributed by atoms with Crippen molar-refractivity contribution in [2.45, 2.75) is 45.4 Å². The van der Waals surface area contributed by atoms with Gasteiger partial charge in [0.2, 0.25) is 0 Å². The summed E-state index contributed by atoms with van der Waals surface area (Å²) in [5.74, 6) is -0.272. The van der Waals surface area contributed by atoms with Crippen LogP contribution in [0.1, 0.15) is 56.0 Å². The Balaban J connectivity index is 3.04. The van der Waals surface area contributed by atoms with Crippen molar-refractivity contribution in [1.29, 1.82) is 0 Å². The van der Waals surface area contributed by atoms with E-state index in [4.69, 9.17) is 4.74 Å². The fourth-order valence-electron chi connectivity index (χ4n) is 2.44. The van der Waals surface area contributed by atoms with E-state index in [-0.39, 0.29) is 11.4 Å². The van der Waals surface area contributed by atoms with Crippen molar-refractivity contribution in [1.82, 2.24) is 0 Å². The van der Waals surface area contributed by atoms with Gasteiger partial charge in [0.1, 0.15) is 0 Å². The Labute approximate surface area is 104 Å². The van der Waals surface area contributed by atoms with E-state index < -0.39 is 0 Å². The van der Waals surface area contributed by atoms with Gasteiger partial charge in [-0.15, -0.1) is 0 Å². The summed E-state index contributed by atoms with van der Waals surface area (Å²) in [6.07, 6.45) is 3.37. The molecular weight excluding hydrogens is 212 g/mol. The van der Waals surface area contributed by atoms with E-state index in [1.807, 2.05) is 12.1 Å². The predicted octanol–water partition coefficient (Wildman–Crippen LogP) is 3.94. The van der Waals surface area contributed by atoms with Gasteiger partial charge in [0.15, 0.2) is 0 Å². The van der Waals surface area contributed by atoms with E-state index in [1.165, 1.54) is 12.7 Å². The summed E-state index contributed by atoms with van der Waals surface area (Å²) in [6.45, 7) is 6.67. The third-order valence-corrected chi connectivity index (χ3v) is 3.95. The topological polar surface area (TPSA) is 26.3 Å². The summed E-state index contributed by atoms with van der Waals surface area (Å²) >= 11 is 0. The van der Waals surface area contributed by atoms with Crippen molar-refractivity contribution in [3.63, 3.8) is 0 Å². The Bertz CT molecular complexity index is 353. The lowest BCUT2D eigenvalue weighted by molar-refractivity contribution is 0.0600. The Morgan fingerprint density at radius 3 is 1.88 bits per heavy atom. The number of methoxy groups -OCH3 is 1. The Hall–Kier alpha value is -1.31. The van der Waals surface area contributed by atoms with Crippen LogP contribution in [0.2, 0.25) is 0 Å². The molecule has 0 spiro atoms. The first-order chi connectivity index (χ1) is 8.13. The second-order valence-corrected chi connectivity index (χ2v) is 4.41. The molecule has 0 fully saturated rings. The third kappa shape index (κ3) is 2.68. The fraction of sp³-hybridized carbons (Fsp3) is 0.533. The molecule has 0 unspecified atom stereocenters. The molecule has 0 atom stereocenters. The van der Waals surface area contributed by atoms with Crippen molar-refractivity contribution < 1.29 is 9.53 Å². The summed E-state index contributed by atoms with van der Waals surface area (Å²) in [4.78, 5) is 11.4. The predicted molar refractivity (Wildman–Crippen MR) is 70.3 cm³/mol. The SMILES string of the molecule is CCC(CC)(CC)c1ccc(C(=O)OC)cc1. The van der Waals surface area contributed by atoms with E-state index in [0.29, 0.717) is 5.56 Å². The smallest absolute Gasteiger partial charge is 0.337 e. The zero-order valence-electron chi connectivity index (χ0n) is 11.2. The van der Waals surface area contributed by atoms with Gasteiger partial charge >= 0.3 is 5.97 Å². The molecule has 1 aromatic carbocycles. The number of benzene rings is 1. The number of carbonyl (C=O) groups is 1. The van der Waals surface area contributed by atoms with Crippen molar-refractivity contribution in [2.75, 3.05) is 7.11 Å². The largest absolute Gasteiger partial charge is 0.465 e. The lowest BCUT2D eigenvalue weighted by atomic mass is 9.74. The molecule has 0 saturated carbocycles. The van der Waals surface area contributed by atoms with Crippen molar-refractivity contribution in [3.05, 3.63) is 35.4 Å². The summed E-state index contributed by atoms with van der Waals surface area (Å²) in [7, 11) is 1.41. The zero-order valence-corrected chi connectivity index (χ0v) is 11.2. The second kappa shape index (κ2) is 5.85. The number of ether oxygens (including phenoxy) is 1. The van der Waals surface area contributed by atoms with Crippen LogP contribution in [0.4, 0.5) is 0 Å². The maximum atomic E-state index is 11.4. The van der Waals surface area contributed by atoms with Crippen molar-refractivity contribution in [2.24, 2.45) is 0 Å². The van der Waals surface area contributed by atoms with E-state index in [0.717, 1.165) is 19.3 Å². The van der Waals surface area contributed by atoms with E-state index in [9.17, 15) is 4.79 Å². The maximum Gasteiger partial charge on any atom is 0.337 e. The highest BCUT2D eigenvalue weighted by Gasteiger charge is 2.26. The molecule has 2 heteroatoms. The number of rotatable bonds is 5. The van der Waals surface area contributed by atoms with Gasteiger partial charge in [-0.1, -0.05) is 32.9 Å². The normalized spacial score (nSPS) is 11.3. The van der Waals surface area contributed by atoms with Crippen LogP contribution >= 0.6 is 0 Å². The van der Waals surface area contributed by atoms with E-state index >= 15 is 0 Å². The van der Waals surface area contributed by atoms with Crippen LogP contribution < -0.4 is 0 Å². The minimum Gasteiger partial charge on any atom is -0.465 e. The molecule has 1 aromatic rings. The zero-order chi connectivity index (χ0) is 12.9. The molecule has 0 aliphatic carbocycles. The van der Waals surface area contributed by atoms with Gasteiger partial charge < -0.3 is 4.74 Å². The average Bonchev–Trinajstić information content (AvgIpc) is 2.41. The van der Waals surface area contributed by atoms with Gasteiger partial charge in [-0.25, -0.2) is 4.79 Å². The Kier molecular flexibility index (Phi) is 4.73. The highest BCUT2D eigenvalue weighted by Crippen LogP contribution is 2.34. The van der Waals surface area contributed by atoms with Crippen LogP contribution in [0.15, 0.2) is 24.3 Å². The molecule has 17 heavy (non-hydrogen) atoms. The number of esters is 1. The number of hydrogen-bond donors (Lipinski definition) is 0. The van der Waals surface area contributed by atoms with E-state index in [2.05, 4.69) is 32.9 Å². The maximum absolute atomic E-state index is 11.4. The van der Waals surface area contributed by atoms with Gasteiger partial charge in [0, 0.05) is 0 Å². The summed E-state index contributed by atoms with van der Waals surface area (Å²) in [6, 6.07) is 7.83. The molecule has 0 saturated heterocycles. The first-order valence-electron chi connectivity index (χ1n) is 6.32. The first kappa shape index (κ1) is 13.8. The van der Waals surface area contributed by atoms with Gasteiger partial charge in [-0.3, -0.25) is 0 Å². The first-order valence-corrected chi connectivity index (χ1v) is 6.32. The number of hydrogen-bond acceptors (Lipinski definition) is 2. The third-order valence-electron chi connectivity index (χ3n) is 3.95. The van der Waals surface area contributed by atoms with Crippen LogP contribution in [0.3, 0.4) is 0 Å². The molecule has 0 aliphatic heterocycles.